The maximum Gasteiger partial charge on any atom is 0.338 e. The normalized spacial score (nSPS) is 45.1. The van der Waals surface area contributed by atoms with Gasteiger partial charge in [0.05, 0.1) is 71.5 Å². The van der Waals surface area contributed by atoms with Crippen molar-refractivity contribution in [3.05, 3.63) is 35.9 Å². The van der Waals surface area contributed by atoms with E-state index in [1.165, 1.54) is 21.1 Å². The number of ketones is 1. The number of aliphatic hydroxyl groups excluding tert-OH is 3. The Kier molecular flexibility index (Phi) is 20.5. The highest BCUT2D eigenvalue weighted by Gasteiger charge is 2.57. The number of likely N-dealkylation sites (N-methyl/N-ethyl adjacent to an activating group) is 2. The van der Waals surface area contributed by atoms with Gasteiger partial charge in [-0.25, -0.2) is 4.79 Å². The van der Waals surface area contributed by atoms with E-state index < -0.39 is 138 Å². The number of rotatable bonds is 13. The molecule has 19 nitrogen and oxygen atoms in total. The highest BCUT2D eigenvalue weighted by atomic mass is 16.7. The van der Waals surface area contributed by atoms with Crippen molar-refractivity contribution in [1.82, 2.24) is 9.80 Å². The van der Waals surface area contributed by atoms with Crippen LogP contribution in [-0.4, -0.2) is 205 Å². The molecule has 4 fully saturated rings. The Bertz CT molecular complexity index is 1930. The molecule has 4 N–H and O–H groups in total. The van der Waals surface area contributed by atoms with Gasteiger partial charge >= 0.3 is 11.9 Å². The van der Waals surface area contributed by atoms with Gasteiger partial charge in [-0.3, -0.25) is 9.59 Å². The molecule has 4 aliphatic heterocycles. The van der Waals surface area contributed by atoms with Crippen molar-refractivity contribution in [3.8, 4) is 0 Å². The number of esters is 2. The zero-order chi connectivity index (χ0) is 53.9. The third kappa shape index (κ3) is 12.9. The van der Waals surface area contributed by atoms with Crippen LogP contribution in [0.2, 0.25) is 0 Å². The van der Waals surface area contributed by atoms with Crippen LogP contribution in [0.1, 0.15) is 112 Å². The van der Waals surface area contributed by atoms with E-state index in [1.54, 1.807) is 97.8 Å². The van der Waals surface area contributed by atoms with Gasteiger partial charge in [0.1, 0.15) is 29.7 Å². The second-order valence-corrected chi connectivity index (χ2v) is 22.1. The smallest absolute Gasteiger partial charge is 0.338 e. The Morgan fingerprint density at radius 1 is 0.736 bits per heavy atom. The standard InChI is InChI=1S/C53H88N2O17/c1-18-36-53(11,62)44(59)29(4)39(56)27(2)25-51(9,63-16)45(71-49-41(58)35(54(12)13)24-28(3)65-49)30(5)42(31(6)47(60)68-36)69-37-26-52(10,64-17)46(33(8)66-37)72-50-43(38(55(14)15)40(57)32(7)67-50)70-48(61)34-22-20-19-21-23-34/h19-23,27-33,35-38,40-46,49-50,57-59,62H,18,24-26H2,1-17H3/t27-,28-,29+,30+,31-,32-,33+,35+,36-,37+,38+,40-,41-,42+,43-,44-,45-,46+,49+,50+,51+,52-,53-/m1/s1. The summed E-state index contributed by atoms with van der Waals surface area (Å²) in [5, 5.41) is 46.8. The number of hydrogen-bond donors (Lipinski definition) is 4. The molecule has 0 amide bonds. The van der Waals surface area contributed by atoms with Crippen molar-refractivity contribution in [1.29, 1.82) is 0 Å². The van der Waals surface area contributed by atoms with Crippen molar-refractivity contribution in [3.63, 3.8) is 0 Å². The fraction of sp³-hybridized carbons (Fsp3) is 0.830. The van der Waals surface area contributed by atoms with E-state index in [1.807, 2.05) is 39.8 Å². The van der Waals surface area contributed by atoms with Gasteiger partial charge < -0.3 is 77.6 Å². The largest absolute Gasteiger partial charge is 0.459 e. The van der Waals surface area contributed by atoms with Gasteiger partial charge in [0.2, 0.25) is 0 Å². The molecule has 23 atom stereocenters. The first-order valence-electron chi connectivity index (χ1n) is 25.7. The fourth-order valence-electron chi connectivity index (χ4n) is 11.6. The predicted molar refractivity (Wildman–Crippen MR) is 263 cm³/mol. The summed E-state index contributed by atoms with van der Waals surface area (Å²) in [6, 6.07) is 7.43. The molecular formula is C53H88N2O17. The second kappa shape index (κ2) is 24.5. The minimum Gasteiger partial charge on any atom is -0.459 e. The zero-order valence-electron chi connectivity index (χ0n) is 45.8. The molecule has 72 heavy (non-hydrogen) atoms. The van der Waals surface area contributed by atoms with Gasteiger partial charge in [-0.15, -0.1) is 0 Å². The second-order valence-electron chi connectivity index (χ2n) is 22.1. The van der Waals surface area contributed by atoms with E-state index in [9.17, 15) is 34.8 Å². The molecule has 412 valence electrons. The van der Waals surface area contributed by atoms with Crippen LogP contribution < -0.4 is 0 Å². The van der Waals surface area contributed by atoms with Crippen LogP contribution in [0.25, 0.3) is 0 Å². The lowest BCUT2D eigenvalue weighted by Gasteiger charge is -2.52. The molecule has 0 radical (unpaired) electrons. The van der Waals surface area contributed by atoms with Crippen LogP contribution in [0.15, 0.2) is 30.3 Å². The number of hydrogen-bond acceptors (Lipinski definition) is 19. The van der Waals surface area contributed by atoms with Gasteiger partial charge in [-0.1, -0.05) is 45.9 Å². The van der Waals surface area contributed by atoms with Crippen molar-refractivity contribution >= 4 is 17.7 Å². The lowest BCUT2D eigenvalue weighted by molar-refractivity contribution is -0.354. The highest BCUT2D eigenvalue weighted by Crippen LogP contribution is 2.43. The summed E-state index contributed by atoms with van der Waals surface area (Å²) in [6.45, 7) is 18.8. The van der Waals surface area contributed by atoms with E-state index in [0.29, 0.717) is 12.0 Å². The maximum atomic E-state index is 14.7. The summed E-state index contributed by atoms with van der Waals surface area (Å²) >= 11 is 0. The molecule has 0 spiro atoms. The summed E-state index contributed by atoms with van der Waals surface area (Å²) < 4.78 is 65.0. The molecule has 1 aromatic carbocycles. The summed E-state index contributed by atoms with van der Waals surface area (Å²) in [5.41, 5.74) is -4.25. The topological polar surface area (TPSA) is 231 Å². The molecule has 0 saturated carbocycles. The van der Waals surface area contributed by atoms with Gasteiger partial charge in [-0.2, -0.15) is 0 Å². The molecule has 0 bridgehead atoms. The lowest BCUT2D eigenvalue weighted by atomic mass is 9.74. The molecule has 5 rings (SSSR count). The maximum absolute atomic E-state index is 14.7. The van der Waals surface area contributed by atoms with Gasteiger partial charge in [0, 0.05) is 44.4 Å². The number of aliphatic hydroxyl groups is 4. The third-order valence-electron chi connectivity index (χ3n) is 16.1. The summed E-state index contributed by atoms with van der Waals surface area (Å²) in [5.74, 6) is -5.48. The van der Waals surface area contributed by atoms with Crippen molar-refractivity contribution in [2.45, 2.75) is 217 Å². The molecule has 4 saturated heterocycles. The van der Waals surface area contributed by atoms with Gasteiger partial charge in [0.15, 0.2) is 25.0 Å². The van der Waals surface area contributed by atoms with Crippen LogP contribution in [0, 0.1) is 23.7 Å². The number of Topliss-reactive ketones (excluding diaryl/α,β-unsaturated/α-hetero) is 1. The minimum absolute atomic E-state index is 0.0292. The number of ether oxygens (including phenoxy) is 10. The Labute approximate surface area is 427 Å². The first kappa shape index (κ1) is 60.1. The minimum atomic E-state index is -2.03. The number of nitrogens with zero attached hydrogens (tertiary/aromatic N) is 2. The molecule has 0 aromatic heterocycles. The fourth-order valence-corrected chi connectivity index (χ4v) is 11.6. The predicted octanol–water partition coefficient (Wildman–Crippen LogP) is 3.73. The Morgan fingerprint density at radius 3 is 1.90 bits per heavy atom. The third-order valence-corrected chi connectivity index (χ3v) is 16.1. The van der Waals surface area contributed by atoms with E-state index in [4.69, 9.17) is 47.4 Å². The number of benzene rings is 1. The first-order valence-corrected chi connectivity index (χ1v) is 25.7. The van der Waals surface area contributed by atoms with E-state index in [0.717, 1.165) is 0 Å². The van der Waals surface area contributed by atoms with Gasteiger partial charge in [-0.05, 0) is 108 Å². The number of carbonyl (C=O) groups excluding carboxylic acids is 3. The van der Waals surface area contributed by atoms with E-state index >= 15 is 0 Å². The van der Waals surface area contributed by atoms with Crippen LogP contribution in [-0.2, 0) is 57.0 Å². The zero-order valence-corrected chi connectivity index (χ0v) is 45.8. The molecule has 0 unspecified atom stereocenters. The number of cyclic esters (lactones) is 1. The van der Waals surface area contributed by atoms with Crippen LogP contribution in [0.4, 0.5) is 0 Å². The number of methoxy groups -OCH3 is 2. The quantitative estimate of drug-likeness (QED) is 0.206. The van der Waals surface area contributed by atoms with E-state index in [-0.39, 0.29) is 37.2 Å². The molecule has 4 aliphatic rings. The van der Waals surface area contributed by atoms with Gasteiger partial charge in [0.25, 0.3) is 0 Å². The summed E-state index contributed by atoms with van der Waals surface area (Å²) in [7, 11) is 10.3. The summed E-state index contributed by atoms with van der Waals surface area (Å²) in [6.07, 6.45) is -13.8. The Balaban J connectivity index is 1.56. The van der Waals surface area contributed by atoms with Crippen molar-refractivity contribution < 1.29 is 82.2 Å². The Hall–Kier alpha value is -2.73. The molecular weight excluding hydrogens is 937 g/mol. The number of carbonyl (C=O) groups is 3. The lowest BCUT2D eigenvalue weighted by Crippen LogP contribution is -2.66. The van der Waals surface area contributed by atoms with Crippen LogP contribution in [0.3, 0.4) is 0 Å². The average Bonchev–Trinajstić information content (AvgIpc) is 3.33. The molecule has 1 aromatic rings. The van der Waals surface area contributed by atoms with Crippen molar-refractivity contribution in [2.75, 3.05) is 42.4 Å². The molecule has 4 heterocycles. The SMILES string of the molecule is CC[C@H]1OC(=O)[C@H](C)[C@@H](O[C@H]2C[C@@](C)(OC)[C@@H](O[C@@H]3O[C@H](C)[C@@H](O)[C@H](N(C)C)[C@H]3OC(=O)c3ccccc3)[C@H](C)O2)[C@H](C)[C@@H](O[C@@H]2O[C@H](C)C[C@H](N(C)C)[C@H]2O)[C@@](C)(OC)C[C@@H](C)C(=O)[C@H](C)[C@@H](O)[C@]1(C)O. The first-order chi connectivity index (χ1) is 33.6. The van der Waals surface area contributed by atoms with Crippen LogP contribution in [0.5, 0.6) is 0 Å². The molecule has 19 heteroatoms. The average molecular weight is 1030 g/mol. The monoisotopic (exact) mass is 1020 g/mol. The highest BCUT2D eigenvalue weighted by molar-refractivity contribution is 5.89. The Morgan fingerprint density at radius 2 is 1.33 bits per heavy atom. The van der Waals surface area contributed by atoms with Crippen molar-refractivity contribution in [2.24, 2.45) is 23.7 Å². The summed E-state index contributed by atoms with van der Waals surface area (Å²) in [4.78, 5) is 46.2. The molecule has 0 aliphatic carbocycles. The van der Waals surface area contributed by atoms with Crippen LogP contribution >= 0.6 is 0 Å². The van der Waals surface area contributed by atoms with E-state index in [2.05, 4.69) is 0 Å².